The minimum absolute atomic E-state index is 0.0136. The summed E-state index contributed by atoms with van der Waals surface area (Å²) in [5.41, 5.74) is 2.42. The Balaban J connectivity index is 2.19. The van der Waals surface area contributed by atoms with Crippen LogP contribution in [0, 0.1) is 0 Å². The van der Waals surface area contributed by atoms with Gasteiger partial charge in [0.05, 0.1) is 0 Å². The molecule has 2 amide bonds. The Morgan fingerprint density at radius 3 is 3.00 bits per heavy atom. The first-order valence-electron chi connectivity index (χ1n) is 5.02. The summed E-state index contributed by atoms with van der Waals surface area (Å²) >= 11 is 0. The summed E-state index contributed by atoms with van der Waals surface area (Å²) in [6.45, 7) is -0.534. The predicted molar refractivity (Wildman–Crippen MR) is 59.1 cm³/mol. The van der Waals surface area contributed by atoms with Gasteiger partial charge in [-0.15, -0.1) is 0 Å². The van der Waals surface area contributed by atoms with Gasteiger partial charge in [0.2, 0.25) is 11.8 Å². The van der Waals surface area contributed by atoms with Gasteiger partial charge in [-0.05, 0) is 30.2 Å². The van der Waals surface area contributed by atoms with Crippen molar-refractivity contribution in [3.05, 3.63) is 23.8 Å². The Morgan fingerprint density at radius 2 is 2.25 bits per heavy atom. The quantitative estimate of drug-likeness (QED) is 0.679. The van der Waals surface area contributed by atoms with Crippen LogP contribution in [0.2, 0.25) is 0 Å². The molecule has 1 heterocycles. The number of aliphatic hydroxyl groups is 1. The molecule has 84 valence electrons. The van der Waals surface area contributed by atoms with Gasteiger partial charge in [-0.1, -0.05) is 0 Å². The van der Waals surface area contributed by atoms with Crippen molar-refractivity contribution in [1.82, 2.24) is 0 Å². The molecule has 0 atom stereocenters. The number of hydrogen-bond acceptors (Lipinski definition) is 3. The van der Waals surface area contributed by atoms with Crippen LogP contribution in [-0.4, -0.2) is 23.5 Å². The topological polar surface area (TPSA) is 78.4 Å². The van der Waals surface area contributed by atoms with Crippen LogP contribution in [0.5, 0.6) is 0 Å². The first kappa shape index (κ1) is 10.6. The van der Waals surface area contributed by atoms with Gasteiger partial charge < -0.3 is 15.7 Å². The van der Waals surface area contributed by atoms with Crippen molar-refractivity contribution in [2.45, 2.75) is 12.8 Å². The van der Waals surface area contributed by atoms with Gasteiger partial charge >= 0.3 is 0 Å². The van der Waals surface area contributed by atoms with E-state index in [1.54, 1.807) is 12.1 Å². The molecule has 1 aromatic rings. The fourth-order valence-corrected chi connectivity index (χ4v) is 1.66. The normalized spacial score (nSPS) is 13.9. The number of hydrogen-bond donors (Lipinski definition) is 3. The highest BCUT2D eigenvalue weighted by atomic mass is 16.3. The van der Waals surface area contributed by atoms with Crippen LogP contribution in [0.3, 0.4) is 0 Å². The lowest BCUT2D eigenvalue weighted by molar-refractivity contribution is -0.119. The zero-order valence-electron chi connectivity index (χ0n) is 8.62. The van der Waals surface area contributed by atoms with Crippen molar-refractivity contribution in [3.8, 4) is 0 Å². The van der Waals surface area contributed by atoms with Gasteiger partial charge in [0, 0.05) is 17.8 Å². The number of aryl methyl sites for hydroxylation is 1. The van der Waals surface area contributed by atoms with Crippen molar-refractivity contribution in [3.63, 3.8) is 0 Å². The average Bonchev–Trinajstić information content (AvgIpc) is 2.29. The molecule has 0 aromatic heterocycles. The van der Waals surface area contributed by atoms with Gasteiger partial charge in [-0.3, -0.25) is 9.59 Å². The molecule has 2 rings (SSSR count). The molecule has 1 aliphatic rings. The molecule has 0 fully saturated rings. The van der Waals surface area contributed by atoms with E-state index in [9.17, 15) is 9.59 Å². The number of carbonyl (C=O) groups excluding carboxylic acids is 2. The van der Waals surface area contributed by atoms with Crippen molar-refractivity contribution < 1.29 is 14.7 Å². The van der Waals surface area contributed by atoms with E-state index in [0.29, 0.717) is 18.5 Å². The van der Waals surface area contributed by atoms with E-state index in [4.69, 9.17) is 5.11 Å². The van der Waals surface area contributed by atoms with E-state index < -0.39 is 12.5 Å². The largest absolute Gasteiger partial charge is 0.387 e. The first-order chi connectivity index (χ1) is 7.69. The fourth-order valence-electron chi connectivity index (χ4n) is 1.66. The standard InChI is InChI=1S/C11H12N2O3/c14-6-11(16)12-8-2-3-9-7(5-8)1-4-10(15)13-9/h2-3,5,14H,1,4,6H2,(H,12,16)(H,13,15). The van der Waals surface area contributed by atoms with Gasteiger partial charge in [0.1, 0.15) is 6.61 Å². The van der Waals surface area contributed by atoms with Gasteiger partial charge in [-0.2, -0.15) is 0 Å². The molecule has 0 spiro atoms. The lowest BCUT2D eigenvalue weighted by Gasteiger charge is -2.17. The first-order valence-corrected chi connectivity index (χ1v) is 5.02. The smallest absolute Gasteiger partial charge is 0.250 e. The number of aliphatic hydroxyl groups excluding tert-OH is 1. The second kappa shape index (κ2) is 4.32. The van der Waals surface area contributed by atoms with Crippen molar-refractivity contribution in [2.75, 3.05) is 17.2 Å². The number of amides is 2. The summed E-state index contributed by atoms with van der Waals surface area (Å²) in [5.74, 6) is -0.431. The number of anilines is 2. The van der Waals surface area contributed by atoms with Crippen LogP contribution < -0.4 is 10.6 Å². The van der Waals surface area contributed by atoms with Gasteiger partial charge in [0.25, 0.3) is 0 Å². The Morgan fingerprint density at radius 1 is 1.44 bits per heavy atom. The van der Waals surface area contributed by atoms with E-state index >= 15 is 0 Å². The Labute approximate surface area is 92.5 Å². The van der Waals surface area contributed by atoms with Crippen LogP contribution in [0.15, 0.2) is 18.2 Å². The molecule has 0 saturated carbocycles. The molecule has 1 aliphatic heterocycles. The monoisotopic (exact) mass is 220 g/mol. The Hall–Kier alpha value is -1.88. The number of carbonyl (C=O) groups is 2. The summed E-state index contributed by atoms with van der Waals surface area (Å²) in [7, 11) is 0. The van der Waals surface area contributed by atoms with Crippen LogP contribution in [0.4, 0.5) is 11.4 Å². The molecule has 5 nitrogen and oxygen atoms in total. The third kappa shape index (κ3) is 2.20. The summed E-state index contributed by atoms with van der Waals surface area (Å²) in [6.07, 6.45) is 1.13. The highest BCUT2D eigenvalue weighted by Gasteiger charge is 2.14. The zero-order chi connectivity index (χ0) is 11.5. The zero-order valence-corrected chi connectivity index (χ0v) is 8.62. The van der Waals surface area contributed by atoms with Crippen LogP contribution >= 0.6 is 0 Å². The minimum Gasteiger partial charge on any atom is -0.387 e. The van der Waals surface area contributed by atoms with Crippen molar-refractivity contribution in [1.29, 1.82) is 0 Å². The average molecular weight is 220 g/mol. The van der Waals surface area contributed by atoms with E-state index in [1.807, 2.05) is 6.07 Å². The molecule has 0 unspecified atom stereocenters. The molecule has 5 heteroatoms. The summed E-state index contributed by atoms with van der Waals surface area (Å²) in [6, 6.07) is 5.25. The molecule has 0 bridgehead atoms. The van der Waals surface area contributed by atoms with Gasteiger partial charge in [0.15, 0.2) is 0 Å². The second-order valence-corrected chi connectivity index (χ2v) is 3.63. The van der Waals surface area contributed by atoms with Crippen molar-refractivity contribution in [2.24, 2.45) is 0 Å². The third-order valence-corrected chi connectivity index (χ3v) is 2.43. The molecule has 16 heavy (non-hydrogen) atoms. The van der Waals surface area contributed by atoms with Crippen LogP contribution in [-0.2, 0) is 16.0 Å². The van der Waals surface area contributed by atoms with Crippen LogP contribution in [0.25, 0.3) is 0 Å². The third-order valence-electron chi connectivity index (χ3n) is 2.43. The lowest BCUT2D eigenvalue weighted by atomic mass is 10.0. The minimum atomic E-state index is -0.534. The molecule has 0 radical (unpaired) electrons. The molecule has 0 aliphatic carbocycles. The number of fused-ring (bicyclic) bond motifs is 1. The Bertz CT molecular complexity index is 443. The second-order valence-electron chi connectivity index (χ2n) is 3.63. The van der Waals surface area contributed by atoms with E-state index in [1.165, 1.54) is 0 Å². The van der Waals surface area contributed by atoms with Crippen molar-refractivity contribution >= 4 is 23.2 Å². The lowest BCUT2D eigenvalue weighted by Crippen LogP contribution is -2.20. The van der Waals surface area contributed by atoms with E-state index in [2.05, 4.69) is 10.6 Å². The summed E-state index contributed by atoms with van der Waals surface area (Å²) in [4.78, 5) is 22.1. The molecule has 1 aromatic carbocycles. The van der Waals surface area contributed by atoms with E-state index in [-0.39, 0.29) is 5.91 Å². The maximum absolute atomic E-state index is 11.1. The number of benzene rings is 1. The molecular formula is C11H12N2O3. The summed E-state index contributed by atoms with van der Waals surface area (Å²) in [5, 5.41) is 13.9. The maximum Gasteiger partial charge on any atom is 0.250 e. The fraction of sp³-hybridized carbons (Fsp3) is 0.273. The van der Waals surface area contributed by atoms with E-state index in [0.717, 1.165) is 11.3 Å². The maximum atomic E-state index is 11.1. The number of rotatable bonds is 2. The summed E-state index contributed by atoms with van der Waals surface area (Å²) < 4.78 is 0. The van der Waals surface area contributed by atoms with Crippen LogP contribution in [0.1, 0.15) is 12.0 Å². The van der Waals surface area contributed by atoms with Gasteiger partial charge in [-0.25, -0.2) is 0 Å². The highest BCUT2D eigenvalue weighted by molar-refractivity contribution is 5.95. The number of nitrogens with one attached hydrogen (secondary N) is 2. The molecular weight excluding hydrogens is 208 g/mol. The predicted octanol–water partition coefficient (Wildman–Crippen LogP) is 0.502. The Kier molecular flexibility index (Phi) is 2.87. The SMILES string of the molecule is O=C(CO)Nc1ccc2c(c1)CCC(=O)N2. The molecule has 0 saturated heterocycles. The highest BCUT2D eigenvalue weighted by Crippen LogP contribution is 2.25. The molecule has 3 N–H and O–H groups in total.